The Hall–Kier alpha value is -0.910. The third-order valence-electron chi connectivity index (χ3n) is 4.10. The van der Waals surface area contributed by atoms with Crippen molar-refractivity contribution < 1.29 is 4.74 Å². The van der Waals surface area contributed by atoms with Gasteiger partial charge in [0.2, 0.25) is 0 Å². The molecule has 2 aromatic heterocycles. The van der Waals surface area contributed by atoms with Crippen molar-refractivity contribution in [3.8, 4) is 14.9 Å². The first kappa shape index (κ1) is 11.9. The maximum Gasteiger partial charge on any atom is 0.274 e. The van der Waals surface area contributed by atoms with E-state index in [1.165, 1.54) is 35.7 Å². The van der Waals surface area contributed by atoms with E-state index in [0.29, 0.717) is 6.10 Å². The molecule has 0 N–H and O–H groups in total. The van der Waals surface area contributed by atoms with Crippen LogP contribution in [0.1, 0.15) is 12.8 Å². The number of piperidine rings is 3. The molecule has 5 rings (SSSR count). The molecule has 2 aromatic rings. The number of hydrogen-bond donors (Lipinski definition) is 0. The van der Waals surface area contributed by atoms with Crippen molar-refractivity contribution in [1.82, 2.24) is 9.88 Å². The highest BCUT2D eigenvalue weighted by molar-refractivity contribution is 7.22. The summed E-state index contributed by atoms with van der Waals surface area (Å²) < 4.78 is 6.14. The quantitative estimate of drug-likeness (QED) is 0.867. The lowest BCUT2D eigenvalue weighted by atomic mass is 9.86. The molecule has 1 unspecified atom stereocenters. The molecule has 2 bridgehead atoms. The van der Waals surface area contributed by atoms with Crippen LogP contribution in [-0.2, 0) is 0 Å². The number of thiazole rings is 1. The minimum Gasteiger partial charge on any atom is -0.465 e. The molecule has 5 heteroatoms. The average molecular weight is 292 g/mol. The highest BCUT2D eigenvalue weighted by Crippen LogP contribution is 2.36. The molecule has 0 amide bonds. The van der Waals surface area contributed by atoms with Crippen LogP contribution in [0.5, 0.6) is 5.19 Å². The van der Waals surface area contributed by atoms with E-state index in [1.54, 1.807) is 22.7 Å². The van der Waals surface area contributed by atoms with Crippen molar-refractivity contribution in [2.45, 2.75) is 18.9 Å². The first-order valence-electron chi connectivity index (χ1n) is 6.77. The second-order valence-corrected chi connectivity index (χ2v) is 7.20. The first-order chi connectivity index (χ1) is 9.38. The molecular formula is C14H16N2OS2. The number of aromatic nitrogens is 1. The molecule has 3 fully saturated rings. The van der Waals surface area contributed by atoms with Crippen LogP contribution < -0.4 is 4.74 Å². The molecule has 0 saturated carbocycles. The second-order valence-electron chi connectivity index (χ2n) is 5.26. The van der Waals surface area contributed by atoms with E-state index < -0.39 is 0 Å². The third-order valence-corrected chi connectivity index (χ3v) is 6.05. The SMILES string of the molecule is c1csc(-c2cnc(OC3CN4CCC3CC4)s2)c1. The van der Waals surface area contributed by atoms with E-state index in [-0.39, 0.29) is 0 Å². The van der Waals surface area contributed by atoms with Crippen molar-refractivity contribution >= 4 is 22.7 Å². The largest absolute Gasteiger partial charge is 0.465 e. The zero-order valence-electron chi connectivity index (χ0n) is 10.6. The number of fused-ring (bicyclic) bond motifs is 3. The van der Waals surface area contributed by atoms with Gasteiger partial charge in [-0.05, 0) is 43.3 Å². The molecule has 3 saturated heterocycles. The number of rotatable bonds is 3. The van der Waals surface area contributed by atoms with Gasteiger partial charge in [0.25, 0.3) is 5.19 Å². The molecule has 0 aromatic carbocycles. The van der Waals surface area contributed by atoms with Gasteiger partial charge in [-0.25, -0.2) is 4.98 Å². The van der Waals surface area contributed by atoms with Gasteiger partial charge in [0, 0.05) is 11.4 Å². The van der Waals surface area contributed by atoms with Crippen LogP contribution in [0, 0.1) is 5.92 Å². The highest BCUT2D eigenvalue weighted by Gasteiger charge is 2.35. The summed E-state index contributed by atoms with van der Waals surface area (Å²) in [6.07, 6.45) is 4.86. The zero-order chi connectivity index (χ0) is 12.7. The van der Waals surface area contributed by atoms with Gasteiger partial charge in [0.05, 0.1) is 11.1 Å². The third kappa shape index (κ3) is 2.30. The topological polar surface area (TPSA) is 25.4 Å². The zero-order valence-corrected chi connectivity index (χ0v) is 12.3. The predicted molar refractivity (Wildman–Crippen MR) is 79.0 cm³/mol. The lowest BCUT2D eigenvalue weighted by molar-refractivity contribution is -0.00785. The predicted octanol–water partition coefficient (Wildman–Crippen LogP) is 3.34. The Morgan fingerprint density at radius 3 is 2.84 bits per heavy atom. The maximum absolute atomic E-state index is 6.14. The number of ether oxygens (including phenoxy) is 1. The molecule has 0 spiro atoms. The Bertz CT molecular complexity index is 544. The molecule has 3 aliphatic heterocycles. The van der Waals surface area contributed by atoms with Gasteiger partial charge in [0.1, 0.15) is 6.10 Å². The van der Waals surface area contributed by atoms with Crippen molar-refractivity contribution in [1.29, 1.82) is 0 Å². The molecule has 3 aliphatic rings. The average Bonchev–Trinajstić information content (AvgIpc) is 3.10. The van der Waals surface area contributed by atoms with Crippen molar-refractivity contribution in [2.24, 2.45) is 5.92 Å². The van der Waals surface area contributed by atoms with Gasteiger partial charge in [-0.2, -0.15) is 0 Å². The summed E-state index contributed by atoms with van der Waals surface area (Å²) in [5, 5.41) is 2.94. The fourth-order valence-corrected chi connectivity index (χ4v) is 4.66. The van der Waals surface area contributed by atoms with E-state index in [9.17, 15) is 0 Å². The Labute approximate surface area is 120 Å². The molecule has 3 nitrogen and oxygen atoms in total. The Morgan fingerprint density at radius 1 is 1.26 bits per heavy atom. The number of nitrogens with zero attached hydrogens (tertiary/aromatic N) is 2. The van der Waals surface area contributed by atoms with E-state index in [1.807, 2.05) is 6.20 Å². The van der Waals surface area contributed by atoms with Crippen molar-refractivity contribution in [3.63, 3.8) is 0 Å². The molecule has 1 atom stereocenters. The molecule has 100 valence electrons. The Kier molecular flexibility index (Phi) is 3.06. The summed E-state index contributed by atoms with van der Waals surface area (Å²) in [6, 6.07) is 4.21. The minimum absolute atomic E-state index is 0.352. The van der Waals surface area contributed by atoms with E-state index >= 15 is 0 Å². The number of hydrogen-bond acceptors (Lipinski definition) is 5. The first-order valence-corrected chi connectivity index (χ1v) is 8.47. The number of thiophene rings is 1. The summed E-state index contributed by atoms with van der Waals surface area (Å²) in [4.78, 5) is 9.44. The van der Waals surface area contributed by atoms with E-state index in [0.717, 1.165) is 17.7 Å². The summed E-state index contributed by atoms with van der Waals surface area (Å²) >= 11 is 3.42. The highest BCUT2D eigenvalue weighted by atomic mass is 32.1. The summed E-state index contributed by atoms with van der Waals surface area (Å²) in [7, 11) is 0. The smallest absolute Gasteiger partial charge is 0.274 e. The van der Waals surface area contributed by atoms with E-state index in [4.69, 9.17) is 4.74 Å². The van der Waals surface area contributed by atoms with Gasteiger partial charge < -0.3 is 4.74 Å². The Balaban J connectivity index is 1.48. The van der Waals surface area contributed by atoms with Crippen LogP contribution in [-0.4, -0.2) is 35.6 Å². The Morgan fingerprint density at radius 2 is 2.16 bits per heavy atom. The molecule has 0 aliphatic carbocycles. The fourth-order valence-electron chi connectivity index (χ4n) is 3.02. The molecule has 5 heterocycles. The monoisotopic (exact) mass is 292 g/mol. The normalized spacial score (nSPS) is 29.6. The van der Waals surface area contributed by atoms with Gasteiger partial charge in [-0.15, -0.1) is 11.3 Å². The standard InChI is InChI=1S/C14H16N2OS2/c1-2-12(18-7-1)13-8-15-14(19-13)17-11-9-16-5-3-10(11)4-6-16/h1-2,7-8,10-11H,3-6,9H2. The second kappa shape index (κ2) is 4.89. The maximum atomic E-state index is 6.14. The molecule has 19 heavy (non-hydrogen) atoms. The van der Waals surface area contributed by atoms with Crippen LogP contribution >= 0.6 is 22.7 Å². The van der Waals surface area contributed by atoms with Crippen molar-refractivity contribution in [3.05, 3.63) is 23.7 Å². The van der Waals surface area contributed by atoms with Crippen LogP contribution in [0.3, 0.4) is 0 Å². The summed E-state index contributed by atoms with van der Waals surface area (Å²) in [5.41, 5.74) is 0. The van der Waals surface area contributed by atoms with Crippen molar-refractivity contribution in [2.75, 3.05) is 19.6 Å². The van der Waals surface area contributed by atoms with Crippen LogP contribution in [0.4, 0.5) is 0 Å². The fraction of sp³-hybridized carbons (Fsp3) is 0.500. The molecular weight excluding hydrogens is 276 g/mol. The van der Waals surface area contributed by atoms with Crippen LogP contribution in [0.25, 0.3) is 9.75 Å². The van der Waals surface area contributed by atoms with Crippen LogP contribution in [0.2, 0.25) is 0 Å². The van der Waals surface area contributed by atoms with Gasteiger partial charge in [-0.1, -0.05) is 17.4 Å². The van der Waals surface area contributed by atoms with Gasteiger partial charge in [-0.3, -0.25) is 4.90 Å². The lowest BCUT2D eigenvalue weighted by Gasteiger charge is -2.43. The minimum atomic E-state index is 0.352. The van der Waals surface area contributed by atoms with Crippen LogP contribution in [0.15, 0.2) is 23.7 Å². The van der Waals surface area contributed by atoms with E-state index in [2.05, 4.69) is 27.4 Å². The van der Waals surface area contributed by atoms with Gasteiger partial charge >= 0.3 is 0 Å². The summed E-state index contributed by atoms with van der Waals surface area (Å²) in [5.74, 6) is 0.735. The summed E-state index contributed by atoms with van der Waals surface area (Å²) in [6.45, 7) is 3.59. The lowest BCUT2D eigenvalue weighted by Crippen LogP contribution is -2.52. The van der Waals surface area contributed by atoms with Gasteiger partial charge in [0.15, 0.2) is 0 Å². The molecule has 0 radical (unpaired) electrons.